The molecule has 2 heterocycles. The summed E-state index contributed by atoms with van der Waals surface area (Å²) < 4.78 is 5.06. The van der Waals surface area contributed by atoms with Crippen LogP contribution in [-0.2, 0) is 4.74 Å². The van der Waals surface area contributed by atoms with Gasteiger partial charge in [0.05, 0.1) is 6.61 Å². The highest BCUT2D eigenvalue weighted by atomic mass is 16.5. The Hall–Kier alpha value is -1.60. The van der Waals surface area contributed by atoms with Crippen molar-refractivity contribution in [3.05, 3.63) is 11.8 Å². The van der Waals surface area contributed by atoms with E-state index in [-0.39, 0.29) is 30.6 Å². The molecule has 1 unspecified atom stereocenters. The Morgan fingerprint density at radius 2 is 2.62 bits per heavy atom. The third-order valence-electron chi connectivity index (χ3n) is 2.50. The Labute approximate surface area is 92.0 Å². The first-order chi connectivity index (χ1) is 7.59. The van der Waals surface area contributed by atoms with Crippen molar-refractivity contribution in [2.45, 2.75) is 12.0 Å². The highest BCUT2D eigenvalue weighted by Gasteiger charge is 2.32. The molecule has 7 nitrogen and oxygen atoms in total. The maximum Gasteiger partial charge on any atom is 0.269 e. The van der Waals surface area contributed by atoms with Crippen molar-refractivity contribution in [1.82, 2.24) is 15.5 Å². The number of aliphatic hydroxyl groups is 1. The van der Waals surface area contributed by atoms with E-state index >= 15 is 0 Å². The highest BCUT2D eigenvalue weighted by Crippen LogP contribution is 2.17. The molecule has 0 aromatic carbocycles. The zero-order valence-corrected chi connectivity index (χ0v) is 8.69. The lowest BCUT2D eigenvalue weighted by Crippen LogP contribution is -2.43. The number of anilines is 1. The van der Waals surface area contributed by atoms with Crippen LogP contribution in [0.15, 0.2) is 6.07 Å². The summed E-state index contributed by atoms with van der Waals surface area (Å²) in [4.78, 5) is 11.6. The molecule has 1 saturated heterocycles. The number of H-pyrrole nitrogens is 1. The van der Waals surface area contributed by atoms with E-state index in [9.17, 15) is 9.90 Å². The molecule has 16 heavy (non-hydrogen) atoms. The van der Waals surface area contributed by atoms with Crippen molar-refractivity contribution in [3.63, 3.8) is 0 Å². The third kappa shape index (κ3) is 2.31. The predicted molar refractivity (Wildman–Crippen MR) is 55.7 cm³/mol. The summed E-state index contributed by atoms with van der Waals surface area (Å²) in [7, 11) is 0. The van der Waals surface area contributed by atoms with Crippen molar-refractivity contribution in [2.75, 3.05) is 25.5 Å². The lowest BCUT2D eigenvalue weighted by atomic mass is 10.0. The van der Waals surface area contributed by atoms with Crippen LogP contribution in [0.2, 0.25) is 0 Å². The van der Waals surface area contributed by atoms with Gasteiger partial charge in [-0.2, -0.15) is 5.10 Å². The smallest absolute Gasteiger partial charge is 0.269 e. The Kier molecular flexibility index (Phi) is 2.80. The van der Waals surface area contributed by atoms with E-state index in [4.69, 9.17) is 10.5 Å². The van der Waals surface area contributed by atoms with Gasteiger partial charge in [-0.05, 0) is 0 Å². The van der Waals surface area contributed by atoms with Crippen LogP contribution in [-0.4, -0.2) is 46.6 Å². The molecule has 1 aliphatic rings. The highest BCUT2D eigenvalue weighted by molar-refractivity contribution is 5.92. The average molecular weight is 226 g/mol. The number of aromatic nitrogens is 2. The van der Waals surface area contributed by atoms with E-state index in [1.807, 2.05) is 0 Å². The van der Waals surface area contributed by atoms with Gasteiger partial charge in [0.25, 0.3) is 5.91 Å². The number of nitrogens with two attached hydrogens (primary N) is 1. The van der Waals surface area contributed by atoms with Crippen LogP contribution in [0.4, 0.5) is 5.82 Å². The zero-order valence-electron chi connectivity index (χ0n) is 8.69. The van der Waals surface area contributed by atoms with E-state index in [0.29, 0.717) is 13.0 Å². The molecule has 0 aliphatic carbocycles. The van der Waals surface area contributed by atoms with Crippen molar-refractivity contribution >= 4 is 11.7 Å². The van der Waals surface area contributed by atoms with Crippen molar-refractivity contribution in [1.29, 1.82) is 0 Å². The van der Waals surface area contributed by atoms with Crippen LogP contribution < -0.4 is 11.1 Å². The minimum atomic E-state index is -0.957. The number of nitrogen functional groups attached to an aromatic ring is 1. The SMILES string of the molecule is Nc1cc(C(=O)NCC2(O)CCOC2)[nH]n1. The van der Waals surface area contributed by atoms with E-state index in [1.165, 1.54) is 6.07 Å². The summed E-state index contributed by atoms with van der Waals surface area (Å²) in [6, 6.07) is 1.44. The normalized spacial score (nSPS) is 24.6. The fraction of sp³-hybridized carbons (Fsp3) is 0.556. The summed E-state index contributed by atoms with van der Waals surface area (Å²) in [5, 5.41) is 18.6. The number of amides is 1. The number of hydrogen-bond donors (Lipinski definition) is 4. The molecule has 1 aliphatic heterocycles. The standard InChI is InChI=1S/C9H14N4O3/c10-7-3-6(12-13-7)8(14)11-4-9(15)1-2-16-5-9/h3,15H,1-2,4-5H2,(H,11,14)(H3,10,12,13). The van der Waals surface area contributed by atoms with Gasteiger partial charge in [0.15, 0.2) is 0 Å². The fourth-order valence-corrected chi connectivity index (χ4v) is 1.53. The average Bonchev–Trinajstić information content (AvgIpc) is 2.85. The number of ether oxygens (including phenoxy) is 1. The van der Waals surface area contributed by atoms with Gasteiger partial charge in [0.2, 0.25) is 0 Å². The first kappa shape index (κ1) is 10.9. The number of carbonyl (C=O) groups is 1. The summed E-state index contributed by atoms with van der Waals surface area (Å²) in [6.07, 6.45) is 0.526. The topological polar surface area (TPSA) is 113 Å². The van der Waals surface area contributed by atoms with Crippen LogP contribution >= 0.6 is 0 Å². The molecule has 1 fully saturated rings. The fourth-order valence-electron chi connectivity index (χ4n) is 1.53. The molecule has 1 atom stereocenters. The third-order valence-corrected chi connectivity index (χ3v) is 2.50. The maximum atomic E-state index is 11.6. The minimum Gasteiger partial charge on any atom is -0.386 e. The number of nitrogens with one attached hydrogen (secondary N) is 2. The maximum absolute atomic E-state index is 11.6. The number of aromatic amines is 1. The van der Waals surface area contributed by atoms with Crippen LogP contribution in [0, 0.1) is 0 Å². The molecule has 2 rings (SSSR count). The Balaban J connectivity index is 1.88. The second-order valence-corrected chi connectivity index (χ2v) is 3.92. The monoisotopic (exact) mass is 226 g/mol. The molecule has 0 radical (unpaired) electrons. The van der Waals surface area contributed by atoms with Gasteiger partial charge in [0.1, 0.15) is 17.1 Å². The minimum absolute atomic E-state index is 0.157. The quantitative estimate of drug-likeness (QED) is 0.521. The lowest BCUT2D eigenvalue weighted by molar-refractivity contribution is 0.0264. The first-order valence-electron chi connectivity index (χ1n) is 4.98. The molecule has 0 spiro atoms. The number of rotatable bonds is 3. The Morgan fingerprint density at radius 3 is 3.19 bits per heavy atom. The lowest BCUT2D eigenvalue weighted by Gasteiger charge is -2.20. The summed E-state index contributed by atoms with van der Waals surface area (Å²) in [5.74, 6) is -0.0856. The second kappa shape index (κ2) is 4.11. The van der Waals surface area contributed by atoms with Gasteiger partial charge in [0, 0.05) is 25.6 Å². The number of carbonyl (C=O) groups excluding carboxylic acids is 1. The summed E-state index contributed by atoms with van der Waals surface area (Å²) in [5.41, 5.74) is 4.69. The molecule has 1 amide bonds. The van der Waals surface area contributed by atoms with E-state index in [0.717, 1.165) is 0 Å². The molecular weight excluding hydrogens is 212 g/mol. The zero-order chi connectivity index (χ0) is 11.6. The van der Waals surface area contributed by atoms with Crippen molar-refractivity contribution in [3.8, 4) is 0 Å². The molecule has 0 saturated carbocycles. The number of hydrogen-bond acceptors (Lipinski definition) is 5. The van der Waals surface area contributed by atoms with Gasteiger partial charge in [-0.15, -0.1) is 0 Å². The van der Waals surface area contributed by atoms with Crippen molar-refractivity contribution < 1.29 is 14.6 Å². The first-order valence-corrected chi connectivity index (χ1v) is 4.98. The van der Waals surface area contributed by atoms with Gasteiger partial charge >= 0.3 is 0 Å². The molecular formula is C9H14N4O3. The summed E-state index contributed by atoms with van der Waals surface area (Å²) >= 11 is 0. The van der Waals surface area contributed by atoms with E-state index in [1.54, 1.807) is 0 Å². The number of nitrogens with zero attached hydrogens (tertiary/aromatic N) is 1. The molecule has 88 valence electrons. The Bertz CT molecular complexity index is 384. The summed E-state index contributed by atoms with van der Waals surface area (Å²) in [6.45, 7) is 0.923. The van der Waals surface area contributed by atoms with Gasteiger partial charge in [-0.1, -0.05) is 0 Å². The second-order valence-electron chi connectivity index (χ2n) is 3.92. The predicted octanol–water partition coefficient (Wildman–Crippen LogP) is -1.13. The Morgan fingerprint density at radius 1 is 1.81 bits per heavy atom. The van der Waals surface area contributed by atoms with Gasteiger partial charge in [-0.25, -0.2) is 0 Å². The molecule has 1 aromatic rings. The largest absolute Gasteiger partial charge is 0.386 e. The van der Waals surface area contributed by atoms with Crippen LogP contribution in [0.5, 0.6) is 0 Å². The molecule has 0 bridgehead atoms. The van der Waals surface area contributed by atoms with Crippen LogP contribution in [0.3, 0.4) is 0 Å². The molecule has 7 heteroatoms. The van der Waals surface area contributed by atoms with E-state index < -0.39 is 5.60 Å². The van der Waals surface area contributed by atoms with Crippen LogP contribution in [0.25, 0.3) is 0 Å². The van der Waals surface area contributed by atoms with Crippen LogP contribution in [0.1, 0.15) is 16.9 Å². The van der Waals surface area contributed by atoms with Gasteiger partial charge in [-0.3, -0.25) is 9.89 Å². The van der Waals surface area contributed by atoms with Crippen molar-refractivity contribution in [2.24, 2.45) is 0 Å². The molecule has 1 aromatic heterocycles. The molecule has 5 N–H and O–H groups in total. The van der Waals surface area contributed by atoms with E-state index in [2.05, 4.69) is 15.5 Å². The van der Waals surface area contributed by atoms with Gasteiger partial charge < -0.3 is 20.9 Å².